The minimum Gasteiger partial charge on any atom is -0.465 e. The van der Waals surface area contributed by atoms with Crippen LogP contribution in [0.2, 0.25) is 0 Å². The van der Waals surface area contributed by atoms with Gasteiger partial charge >= 0.3 is 5.97 Å². The van der Waals surface area contributed by atoms with E-state index in [2.05, 4.69) is 0 Å². The van der Waals surface area contributed by atoms with Crippen LogP contribution in [0.5, 0.6) is 0 Å². The standard InChI is InChI=1S/C10H16O5/c1-8(11)7-9(12)13-4-3-10(2)14-5-6-15-10/h3-7H2,1-2H3. The molecule has 1 heterocycles. The van der Waals surface area contributed by atoms with Crippen molar-refractivity contribution in [3.05, 3.63) is 0 Å². The quantitative estimate of drug-likeness (QED) is 0.499. The molecule has 1 rings (SSSR count). The smallest absolute Gasteiger partial charge is 0.313 e. The van der Waals surface area contributed by atoms with Gasteiger partial charge in [-0.2, -0.15) is 0 Å². The highest BCUT2D eigenvalue weighted by Crippen LogP contribution is 2.22. The molecular weight excluding hydrogens is 200 g/mol. The van der Waals surface area contributed by atoms with E-state index in [-0.39, 0.29) is 18.8 Å². The summed E-state index contributed by atoms with van der Waals surface area (Å²) in [4.78, 5) is 21.6. The second-order valence-electron chi connectivity index (χ2n) is 3.68. The Hall–Kier alpha value is -0.940. The Kier molecular flexibility index (Phi) is 4.23. The molecule has 0 radical (unpaired) electrons. The summed E-state index contributed by atoms with van der Waals surface area (Å²) in [6.45, 7) is 4.50. The first kappa shape index (κ1) is 12.1. The average Bonchev–Trinajstić information content (AvgIpc) is 2.51. The fraction of sp³-hybridized carbons (Fsp3) is 0.800. The van der Waals surface area contributed by atoms with Gasteiger partial charge in [0.15, 0.2) is 5.79 Å². The van der Waals surface area contributed by atoms with E-state index >= 15 is 0 Å². The monoisotopic (exact) mass is 216 g/mol. The number of esters is 1. The summed E-state index contributed by atoms with van der Waals surface area (Å²) in [5, 5.41) is 0. The van der Waals surface area contributed by atoms with Gasteiger partial charge in [-0.3, -0.25) is 9.59 Å². The molecule has 86 valence electrons. The minimum absolute atomic E-state index is 0.168. The first-order valence-electron chi connectivity index (χ1n) is 4.95. The Morgan fingerprint density at radius 2 is 1.93 bits per heavy atom. The molecular formula is C10H16O5. The van der Waals surface area contributed by atoms with Crippen LogP contribution < -0.4 is 0 Å². The topological polar surface area (TPSA) is 61.8 Å². The van der Waals surface area contributed by atoms with Crippen LogP contribution in [0.4, 0.5) is 0 Å². The van der Waals surface area contributed by atoms with Gasteiger partial charge < -0.3 is 14.2 Å². The zero-order valence-electron chi connectivity index (χ0n) is 9.08. The van der Waals surface area contributed by atoms with Crippen molar-refractivity contribution in [3.8, 4) is 0 Å². The molecule has 0 aromatic rings. The molecule has 15 heavy (non-hydrogen) atoms. The Labute approximate surface area is 88.7 Å². The van der Waals surface area contributed by atoms with Crippen molar-refractivity contribution in [2.75, 3.05) is 19.8 Å². The number of hydrogen-bond acceptors (Lipinski definition) is 5. The number of carbonyl (C=O) groups is 2. The molecule has 0 spiro atoms. The van der Waals surface area contributed by atoms with Gasteiger partial charge in [0.1, 0.15) is 12.2 Å². The van der Waals surface area contributed by atoms with E-state index in [4.69, 9.17) is 14.2 Å². The van der Waals surface area contributed by atoms with E-state index in [1.54, 1.807) is 6.92 Å². The van der Waals surface area contributed by atoms with E-state index in [0.717, 1.165) is 0 Å². The molecule has 1 aliphatic rings. The number of ether oxygens (including phenoxy) is 3. The van der Waals surface area contributed by atoms with Crippen LogP contribution in [-0.2, 0) is 23.8 Å². The van der Waals surface area contributed by atoms with E-state index < -0.39 is 11.8 Å². The van der Waals surface area contributed by atoms with Gasteiger partial charge in [0.05, 0.1) is 19.8 Å². The molecule has 0 aromatic heterocycles. The van der Waals surface area contributed by atoms with Crippen molar-refractivity contribution in [1.82, 2.24) is 0 Å². The van der Waals surface area contributed by atoms with Gasteiger partial charge in [-0.15, -0.1) is 0 Å². The SMILES string of the molecule is CC(=O)CC(=O)OCCC1(C)OCCO1. The third-order valence-electron chi connectivity index (χ3n) is 2.11. The summed E-state index contributed by atoms with van der Waals surface area (Å²) in [5.41, 5.74) is 0. The van der Waals surface area contributed by atoms with Crippen LogP contribution in [-0.4, -0.2) is 37.4 Å². The van der Waals surface area contributed by atoms with Gasteiger partial charge in [-0.05, 0) is 13.8 Å². The third kappa shape index (κ3) is 4.40. The second-order valence-corrected chi connectivity index (χ2v) is 3.68. The normalized spacial score (nSPS) is 18.8. The first-order valence-corrected chi connectivity index (χ1v) is 4.95. The summed E-state index contributed by atoms with van der Waals surface area (Å²) in [7, 11) is 0. The van der Waals surface area contributed by atoms with Crippen molar-refractivity contribution < 1.29 is 23.8 Å². The van der Waals surface area contributed by atoms with Gasteiger partial charge in [0, 0.05) is 6.42 Å². The molecule has 0 bridgehead atoms. The number of hydrogen-bond donors (Lipinski definition) is 0. The van der Waals surface area contributed by atoms with Crippen LogP contribution in [0, 0.1) is 0 Å². The molecule has 0 aromatic carbocycles. The van der Waals surface area contributed by atoms with E-state index in [0.29, 0.717) is 19.6 Å². The Bertz CT molecular complexity index is 242. The molecule has 1 fully saturated rings. The Balaban J connectivity index is 2.15. The molecule has 5 nitrogen and oxygen atoms in total. The van der Waals surface area contributed by atoms with Gasteiger partial charge in [0.25, 0.3) is 0 Å². The maximum atomic E-state index is 11.0. The molecule has 0 amide bonds. The van der Waals surface area contributed by atoms with Gasteiger partial charge in [-0.25, -0.2) is 0 Å². The fourth-order valence-electron chi connectivity index (χ4n) is 1.31. The zero-order chi connectivity index (χ0) is 11.3. The Morgan fingerprint density at radius 1 is 1.33 bits per heavy atom. The van der Waals surface area contributed by atoms with Crippen molar-refractivity contribution in [2.24, 2.45) is 0 Å². The molecule has 1 saturated heterocycles. The summed E-state index contributed by atoms with van der Waals surface area (Å²) >= 11 is 0. The predicted octanol–water partition coefficient (Wildman–Crippen LogP) is 0.662. The minimum atomic E-state index is -0.642. The van der Waals surface area contributed by atoms with Crippen molar-refractivity contribution in [3.63, 3.8) is 0 Å². The molecule has 0 atom stereocenters. The van der Waals surface area contributed by atoms with E-state index in [1.807, 2.05) is 0 Å². The molecule has 0 aliphatic carbocycles. The summed E-state index contributed by atoms with van der Waals surface area (Å²) in [6, 6.07) is 0. The lowest BCUT2D eigenvalue weighted by Crippen LogP contribution is -2.28. The molecule has 0 saturated carbocycles. The van der Waals surface area contributed by atoms with Gasteiger partial charge in [0.2, 0.25) is 0 Å². The maximum absolute atomic E-state index is 11.0. The summed E-state index contributed by atoms with van der Waals surface area (Å²) in [6.07, 6.45) is 0.315. The van der Waals surface area contributed by atoms with Crippen LogP contribution in [0.1, 0.15) is 26.7 Å². The zero-order valence-corrected chi connectivity index (χ0v) is 9.08. The maximum Gasteiger partial charge on any atom is 0.313 e. The first-order chi connectivity index (χ1) is 7.02. The summed E-state index contributed by atoms with van der Waals surface area (Å²) < 4.78 is 15.5. The molecule has 1 aliphatic heterocycles. The number of rotatable bonds is 5. The highest BCUT2D eigenvalue weighted by Gasteiger charge is 2.30. The van der Waals surface area contributed by atoms with Crippen molar-refractivity contribution in [2.45, 2.75) is 32.5 Å². The molecule has 0 N–H and O–H groups in total. The highest BCUT2D eigenvalue weighted by molar-refractivity contribution is 5.94. The lowest BCUT2D eigenvalue weighted by atomic mass is 10.2. The number of carbonyl (C=O) groups excluding carboxylic acids is 2. The third-order valence-corrected chi connectivity index (χ3v) is 2.11. The van der Waals surface area contributed by atoms with Crippen LogP contribution in [0.25, 0.3) is 0 Å². The second kappa shape index (κ2) is 5.23. The average molecular weight is 216 g/mol. The van der Waals surface area contributed by atoms with Gasteiger partial charge in [-0.1, -0.05) is 0 Å². The number of ketones is 1. The largest absolute Gasteiger partial charge is 0.465 e. The predicted molar refractivity (Wildman–Crippen MR) is 51.2 cm³/mol. The van der Waals surface area contributed by atoms with Crippen LogP contribution in [0.3, 0.4) is 0 Å². The lowest BCUT2D eigenvalue weighted by molar-refractivity contribution is -0.164. The number of Topliss-reactive ketones (excluding diaryl/α,β-unsaturated/α-hetero) is 1. The Morgan fingerprint density at radius 3 is 2.47 bits per heavy atom. The van der Waals surface area contributed by atoms with Crippen molar-refractivity contribution in [1.29, 1.82) is 0 Å². The lowest BCUT2D eigenvalue weighted by Gasteiger charge is -2.21. The molecule has 0 unspecified atom stereocenters. The van der Waals surface area contributed by atoms with E-state index in [1.165, 1.54) is 6.92 Å². The van der Waals surface area contributed by atoms with Crippen molar-refractivity contribution >= 4 is 11.8 Å². The van der Waals surface area contributed by atoms with E-state index in [9.17, 15) is 9.59 Å². The fourth-order valence-corrected chi connectivity index (χ4v) is 1.31. The summed E-state index contributed by atoms with van der Waals surface area (Å²) in [5.74, 6) is -1.33. The molecule has 5 heteroatoms. The van der Waals surface area contributed by atoms with Crippen LogP contribution >= 0.6 is 0 Å². The van der Waals surface area contributed by atoms with Crippen LogP contribution in [0.15, 0.2) is 0 Å². The highest BCUT2D eigenvalue weighted by atomic mass is 16.7.